The summed E-state index contributed by atoms with van der Waals surface area (Å²) in [4.78, 5) is 99.6. The number of carboxylic acid groups (broad SMARTS) is 1. The van der Waals surface area contributed by atoms with E-state index in [0.717, 1.165) is 0 Å². The average Bonchev–Trinajstić information content (AvgIpc) is 3.70. The van der Waals surface area contributed by atoms with Crippen LogP contribution in [0.15, 0.2) is 42.9 Å². The number of aromatic nitrogens is 2. The maximum Gasteiger partial charge on any atom is 0.326 e. The zero-order chi connectivity index (χ0) is 43.9. The van der Waals surface area contributed by atoms with Crippen LogP contribution in [0.3, 0.4) is 0 Å². The van der Waals surface area contributed by atoms with E-state index in [-0.39, 0.29) is 43.9 Å². The van der Waals surface area contributed by atoms with Gasteiger partial charge in [0.1, 0.15) is 30.2 Å². The molecule has 0 radical (unpaired) electrons. The summed E-state index contributed by atoms with van der Waals surface area (Å²) in [5.74, 6) is -4.79. The van der Waals surface area contributed by atoms with Gasteiger partial charge in [0.05, 0.1) is 18.9 Å². The number of amides is 6. The molecule has 6 atom stereocenters. The number of aromatic amines is 1. The summed E-state index contributed by atoms with van der Waals surface area (Å²) in [5, 5.41) is 25.8. The molecule has 0 unspecified atom stereocenters. The standard InChI is InChI=1S/C40H64N10O8S/c1-24(2)17-30(37(54)47-29(14-16-59-5)36(53)50-33(40(57)58)19-26-11-7-6-8-12-26)48-38(55)31(18-25(3)4)49-39(56)32(20-27-21-43-23-45-27)46-34(51)22-44-35(52)28(42)13-9-10-15-41/h6-8,11-12,21,23-25,28-33H,9-10,13-20,22,41-42H2,1-5H3,(H,43,45)(H,44,52)(H,46,51)(H,47,54)(H,48,55)(H,49,56)(H,50,53)(H,57,58)/t28-,29-,30-,31-,32-,33-/m0/s1. The van der Waals surface area contributed by atoms with Gasteiger partial charge in [0, 0.05) is 24.7 Å². The molecule has 18 nitrogen and oxygen atoms in total. The third-order valence-corrected chi connectivity index (χ3v) is 9.82. The Hall–Kier alpha value is -5.01. The molecule has 1 aromatic carbocycles. The van der Waals surface area contributed by atoms with Crippen molar-refractivity contribution in [3.05, 3.63) is 54.1 Å². The molecule has 19 heteroatoms. The Morgan fingerprint density at radius 3 is 1.81 bits per heavy atom. The maximum atomic E-state index is 14.0. The van der Waals surface area contributed by atoms with Gasteiger partial charge in [0.25, 0.3) is 0 Å². The Kier molecular flexibility index (Phi) is 22.8. The minimum absolute atomic E-state index is 0.0217. The van der Waals surface area contributed by atoms with Gasteiger partial charge < -0.3 is 53.5 Å². The molecular weight excluding hydrogens is 781 g/mol. The van der Waals surface area contributed by atoms with Gasteiger partial charge in [-0.2, -0.15) is 11.8 Å². The first-order chi connectivity index (χ1) is 28.0. The fourth-order valence-corrected chi connectivity index (χ4v) is 6.53. The largest absolute Gasteiger partial charge is 0.480 e. The Bertz CT molecular complexity index is 1630. The van der Waals surface area contributed by atoms with Crippen LogP contribution in [-0.4, -0.2) is 118 Å². The van der Waals surface area contributed by atoms with Crippen LogP contribution in [0.2, 0.25) is 0 Å². The maximum absolute atomic E-state index is 14.0. The van der Waals surface area contributed by atoms with E-state index in [9.17, 15) is 38.7 Å². The summed E-state index contributed by atoms with van der Waals surface area (Å²) in [7, 11) is 0. The van der Waals surface area contributed by atoms with Crippen LogP contribution in [0.5, 0.6) is 0 Å². The molecule has 12 N–H and O–H groups in total. The first kappa shape index (κ1) is 50.1. The number of carbonyl (C=O) groups is 7. The van der Waals surface area contributed by atoms with Gasteiger partial charge >= 0.3 is 5.97 Å². The van der Waals surface area contributed by atoms with Crippen molar-refractivity contribution < 1.29 is 38.7 Å². The number of unbranched alkanes of at least 4 members (excludes halogenated alkanes) is 1. The molecular formula is C40H64N10O8S. The molecule has 0 aliphatic carbocycles. The zero-order valence-corrected chi connectivity index (χ0v) is 35.6. The minimum Gasteiger partial charge on any atom is -0.480 e. The third-order valence-electron chi connectivity index (χ3n) is 9.18. The lowest BCUT2D eigenvalue weighted by molar-refractivity contribution is -0.142. The quantitative estimate of drug-likeness (QED) is 0.0512. The number of carbonyl (C=O) groups excluding carboxylic acids is 6. The molecule has 0 bridgehead atoms. The van der Waals surface area contributed by atoms with Crippen molar-refractivity contribution >= 4 is 53.2 Å². The molecule has 328 valence electrons. The van der Waals surface area contributed by atoms with Crippen molar-refractivity contribution in [2.24, 2.45) is 23.3 Å². The summed E-state index contributed by atoms with van der Waals surface area (Å²) < 4.78 is 0. The zero-order valence-electron chi connectivity index (χ0n) is 34.8. The summed E-state index contributed by atoms with van der Waals surface area (Å²) >= 11 is 1.45. The molecule has 59 heavy (non-hydrogen) atoms. The molecule has 0 spiro atoms. The average molecular weight is 845 g/mol. The highest BCUT2D eigenvalue weighted by Gasteiger charge is 2.33. The summed E-state index contributed by atoms with van der Waals surface area (Å²) in [5.41, 5.74) is 12.7. The first-order valence-electron chi connectivity index (χ1n) is 20.0. The Balaban J connectivity index is 2.23. The number of rotatable bonds is 28. The van der Waals surface area contributed by atoms with Gasteiger partial charge in [-0.15, -0.1) is 0 Å². The summed E-state index contributed by atoms with van der Waals surface area (Å²) in [6.07, 6.45) is 7.05. The van der Waals surface area contributed by atoms with E-state index in [1.54, 1.807) is 30.3 Å². The van der Waals surface area contributed by atoms with Crippen LogP contribution < -0.4 is 43.4 Å². The van der Waals surface area contributed by atoms with Gasteiger partial charge in [-0.05, 0) is 68.1 Å². The number of nitrogens with one attached hydrogen (secondary N) is 7. The predicted molar refractivity (Wildman–Crippen MR) is 226 cm³/mol. The number of H-pyrrole nitrogens is 1. The lowest BCUT2D eigenvalue weighted by Crippen LogP contribution is -2.59. The number of nitrogens with zero attached hydrogens (tertiary/aromatic N) is 1. The van der Waals surface area contributed by atoms with Gasteiger partial charge in [-0.3, -0.25) is 28.8 Å². The number of aliphatic carboxylic acids is 1. The van der Waals surface area contributed by atoms with Crippen molar-refractivity contribution in [1.82, 2.24) is 41.9 Å². The number of benzene rings is 1. The van der Waals surface area contributed by atoms with E-state index >= 15 is 0 Å². The Morgan fingerprint density at radius 2 is 1.29 bits per heavy atom. The van der Waals surface area contributed by atoms with Gasteiger partial charge in [-0.25, -0.2) is 9.78 Å². The molecule has 1 aromatic heterocycles. The molecule has 0 aliphatic rings. The SMILES string of the molecule is CSCC[C@H](NC(=O)[C@H](CC(C)C)NC(=O)[C@H](CC(C)C)NC(=O)[C@H](Cc1cnc[nH]1)NC(=O)CNC(=O)[C@@H](N)CCCCN)C(=O)N[C@@H](Cc1ccccc1)C(=O)O. The predicted octanol–water partition coefficient (Wildman–Crippen LogP) is 0.121. The molecule has 2 rings (SSSR count). The summed E-state index contributed by atoms with van der Waals surface area (Å²) in [6.45, 7) is 7.46. The number of carboxylic acids is 1. The topological polar surface area (TPSA) is 293 Å². The lowest BCUT2D eigenvalue weighted by atomic mass is 9.99. The van der Waals surface area contributed by atoms with Crippen LogP contribution in [0.1, 0.15) is 77.5 Å². The van der Waals surface area contributed by atoms with E-state index in [4.69, 9.17) is 11.5 Å². The van der Waals surface area contributed by atoms with Crippen molar-refractivity contribution in [3.8, 4) is 0 Å². The van der Waals surface area contributed by atoms with Gasteiger partial charge in [0.2, 0.25) is 35.4 Å². The van der Waals surface area contributed by atoms with Crippen molar-refractivity contribution in [2.45, 2.75) is 115 Å². The van der Waals surface area contributed by atoms with E-state index < -0.39 is 84.2 Å². The molecule has 0 saturated carbocycles. The minimum atomic E-state index is -1.25. The van der Waals surface area contributed by atoms with Gasteiger partial charge in [-0.1, -0.05) is 64.4 Å². The number of nitrogens with two attached hydrogens (primary N) is 2. The first-order valence-corrected chi connectivity index (χ1v) is 21.4. The highest BCUT2D eigenvalue weighted by molar-refractivity contribution is 7.98. The van der Waals surface area contributed by atoms with Crippen LogP contribution in [0.25, 0.3) is 0 Å². The highest BCUT2D eigenvalue weighted by Crippen LogP contribution is 2.12. The van der Waals surface area contributed by atoms with E-state index in [1.165, 1.54) is 24.3 Å². The fraction of sp³-hybridized carbons (Fsp3) is 0.600. The third kappa shape index (κ3) is 19.5. The molecule has 1 heterocycles. The van der Waals surface area contributed by atoms with Crippen LogP contribution in [-0.2, 0) is 46.4 Å². The van der Waals surface area contributed by atoms with Crippen molar-refractivity contribution in [1.29, 1.82) is 0 Å². The molecule has 0 fully saturated rings. The molecule has 2 aromatic rings. The van der Waals surface area contributed by atoms with Crippen LogP contribution in [0.4, 0.5) is 0 Å². The van der Waals surface area contributed by atoms with Gasteiger partial charge in [0.15, 0.2) is 0 Å². The van der Waals surface area contributed by atoms with E-state index in [0.29, 0.717) is 42.8 Å². The summed E-state index contributed by atoms with van der Waals surface area (Å²) in [6, 6.07) is 2.21. The Labute approximate surface area is 350 Å². The van der Waals surface area contributed by atoms with Crippen LogP contribution >= 0.6 is 11.8 Å². The lowest BCUT2D eigenvalue weighted by Gasteiger charge is -2.28. The molecule has 6 amide bonds. The van der Waals surface area contributed by atoms with Crippen molar-refractivity contribution in [2.75, 3.05) is 25.1 Å². The molecule has 0 aliphatic heterocycles. The van der Waals surface area contributed by atoms with E-state index in [1.807, 2.05) is 34.0 Å². The van der Waals surface area contributed by atoms with Crippen LogP contribution in [0, 0.1) is 11.8 Å². The monoisotopic (exact) mass is 844 g/mol. The second-order valence-corrected chi connectivity index (χ2v) is 16.3. The fourth-order valence-electron chi connectivity index (χ4n) is 6.06. The highest BCUT2D eigenvalue weighted by atomic mass is 32.2. The second kappa shape index (κ2) is 26.9. The number of imidazole rings is 1. The number of hydrogen-bond donors (Lipinski definition) is 10. The van der Waals surface area contributed by atoms with Crippen molar-refractivity contribution in [3.63, 3.8) is 0 Å². The second-order valence-electron chi connectivity index (χ2n) is 15.3. The van der Waals surface area contributed by atoms with E-state index in [2.05, 4.69) is 41.9 Å². The Morgan fingerprint density at radius 1 is 0.729 bits per heavy atom. The normalized spacial score (nSPS) is 14.3. The number of thioether (sulfide) groups is 1. The number of hydrogen-bond acceptors (Lipinski definition) is 11. The molecule has 0 saturated heterocycles. The smallest absolute Gasteiger partial charge is 0.326 e.